The number of nitrogens with zero attached hydrogens (tertiary/aromatic N) is 2. The summed E-state index contributed by atoms with van der Waals surface area (Å²) in [4.78, 5) is 16.3. The fourth-order valence-corrected chi connectivity index (χ4v) is 3.53. The van der Waals surface area contributed by atoms with E-state index in [1.807, 2.05) is 72.3 Å². The summed E-state index contributed by atoms with van der Waals surface area (Å²) < 4.78 is 2.00. The molecule has 0 atom stereocenters. The highest BCUT2D eigenvalue weighted by molar-refractivity contribution is 7.99. The Morgan fingerprint density at radius 3 is 2.60 bits per heavy atom. The molecule has 1 N–H and O–H groups in total. The average molecular weight is 372 g/mol. The topological polar surface area (TPSA) is 46.9 Å². The van der Waals surface area contributed by atoms with Crippen LogP contribution in [-0.2, 0) is 4.79 Å². The lowest BCUT2D eigenvalue weighted by atomic mass is 10.1. The molecule has 128 valence electrons. The number of carbonyl (C=O) groups is 1. The predicted octanol–water partition coefficient (Wildman–Crippen LogP) is 4.42. The van der Waals surface area contributed by atoms with Gasteiger partial charge >= 0.3 is 0 Å². The van der Waals surface area contributed by atoms with Crippen molar-refractivity contribution in [3.05, 3.63) is 65.8 Å². The van der Waals surface area contributed by atoms with Crippen molar-refractivity contribution in [1.82, 2.24) is 14.9 Å². The lowest BCUT2D eigenvalue weighted by Crippen LogP contribution is -2.24. The van der Waals surface area contributed by atoms with E-state index in [-0.39, 0.29) is 5.91 Å². The number of halogens is 1. The largest absolute Gasteiger partial charge is 0.356 e. The van der Waals surface area contributed by atoms with Crippen LogP contribution in [0.15, 0.2) is 66.0 Å². The number of benzene rings is 2. The maximum absolute atomic E-state index is 11.8. The van der Waals surface area contributed by atoms with Gasteiger partial charge in [0.1, 0.15) is 0 Å². The number of nitrogens with one attached hydrogen (secondary N) is 1. The standard InChI is InChI=1S/C19H18ClN3OS/c1-2-21-18(24)13-25-19-22-12-17(14-8-4-3-5-9-14)23(19)16-11-7-6-10-15(16)20/h3-12H,2,13H2,1H3,(H,21,24). The minimum Gasteiger partial charge on any atom is -0.356 e. The number of amides is 1. The first-order valence-electron chi connectivity index (χ1n) is 7.98. The van der Waals surface area contributed by atoms with E-state index < -0.39 is 0 Å². The molecule has 3 rings (SSSR count). The van der Waals surface area contributed by atoms with Crippen molar-refractivity contribution >= 4 is 29.3 Å². The Bertz CT molecular complexity index is 864. The Morgan fingerprint density at radius 1 is 1.16 bits per heavy atom. The molecule has 2 aromatic carbocycles. The summed E-state index contributed by atoms with van der Waals surface area (Å²) in [6.45, 7) is 2.52. The van der Waals surface area contributed by atoms with Gasteiger partial charge in [0.25, 0.3) is 0 Å². The van der Waals surface area contributed by atoms with Crippen LogP contribution in [0, 0.1) is 0 Å². The SMILES string of the molecule is CCNC(=O)CSc1ncc(-c2ccccc2)n1-c1ccccc1Cl. The summed E-state index contributed by atoms with van der Waals surface area (Å²) >= 11 is 7.82. The highest BCUT2D eigenvalue weighted by atomic mass is 35.5. The van der Waals surface area contributed by atoms with Gasteiger partial charge in [-0.05, 0) is 19.1 Å². The zero-order chi connectivity index (χ0) is 17.6. The highest BCUT2D eigenvalue weighted by Gasteiger charge is 2.16. The molecule has 6 heteroatoms. The third-order valence-electron chi connectivity index (χ3n) is 3.60. The first-order chi connectivity index (χ1) is 12.2. The number of rotatable bonds is 6. The van der Waals surface area contributed by atoms with Crippen LogP contribution in [0.5, 0.6) is 0 Å². The number of thioether (sulfide) groups is 1. The first-order valence-corrected chi connectivity index (χ1v) is 9.34. The molecule has 1 heterocycles. The van der Waals surface area contributed by atoms with Gasteiger partial charge in [0, 0.05) is 12.1 Å². The van der Waals surface area contributed by atoms with Crippen molar-refractivity contribution in [1.29, 1.82) is 0 Å². The van der Waals surface area contributed by atoms with Crippen LogP contribution < -0.4 is 5.32 Å². The average Bonchev–Trinajstić information content (AvgIpc) is 3.05. The van der Waals surface area contributed by atoms with Gasteiger partial charge in [0.15, 0.2) is 5.16 Å². The number of hydrogen-bond acceptors (Lipinski definition) is 3. The molecule has 0 radical (unpaired) electrons. The number of aromatic nitrogens is 2. The molecule has 0 bridgehead atoms. The molecular weight excluding hydrogens is 354 g/mol. The molecule has 4 nitrogen and oxygen atoms in total. The Morgan fingerprint density at radius 2 is 1.88 bits per heavy atom. The molecule has 0 aliphatic heterocycles. The minimum absolute atomic E-state index is 0.0116. The molecule has 3 aromatic rings. The van der Waals surface area contributed by atoms with Crippen LogP contribution >= 0.6 is 23.4 Å². The van der Waals surface area contributed by atoms with Crippen molar-refractivity contribution in [3.8, 4) is 16.9 Å². The third kappa shape index (κ3) is 4.06. The molecule has 0 spiro atoms. The van der Waals surface area contributed by atoms with Crippen molar-refractivity contribution < 1.29 is 4.79 Å². The zero-order valence-corrected chi connectivity index (χ0v) is 15.3. The summed E-state index contributed by atoms with van der Waals surface area (Å²) in [6.07, 6.45) is 1.82. The molecule has 1 aromatic heterocycles. The molecule has 1 amide bonds. The first kappa shape index (κ1) is 17.6. The van der Waals surface area contributed by atoms with Crippen molar-refractivity contribution in [3.63, 3.8) is 0 Å². The molecule has 0 fully saturated rings. The fraction of sp³-hybridized carbons (Fsp3) is 0.158. The Hall–Kier alpha value is -2.24. The van der Waals surface area contributed by atoms with Crippen LogP contribution in [0.4, 0.5) is 0 Å². The third-order valence-corrected chi connectivity index (χ3v) is 4.87. The summed E-state index contributed by atoms with van der Waals surface area (Å²) in [7, 11) is 0. The molecular formula is C19H18ClN3OS. The minimum atomic E-state index is -0.0116. The van der Waals surface area contributed by atoms with Gasteiger partial charge in [0.2, 0.25) is 5.91 Å². The quantitative estimate of drug-likeness (QED) is 0.652. The predicted molar refractivity (Wildman–Crippen MR) is 103 cm³/mol. The summed E-state index contributed by atoms with van der Waals surface area (Å²) in [5.41, 5.74) is 2.82. The maximum atomic E-state index is 11.8. The molecule has 0 unspecified atom stereocenters. The van der Waals surface area contributed by atoms with E-state index in [0.29, 0.717) is 17.3 Å². The van der Waals surface area contributed by atoms with Gasteiger partial charge in [-0.25, -0.2) is 4.98 Å². The van der Waals surface area contributed by atoms with Gasteiger partial charge < -0.3 is 5.32 Å². The Balaban J connectivity index is 2.03. The van der Waals surface area contributed by atoms with E-state index in [9.17, 15) is 4.79 Å². The van der Waals surface area contributed by atoms with E-state index in [1.165, 1.54) is 11.8 Å². The van der Waals surface area contributed by atoms with E-state index in [1.54, 1.807) is 0 Å². The van der Waals surface area contributed by atoms with Crippen LogP contribution in [0.3, 0.4) is 0 Å². The van der Waals surface area contributed by atoms with Gasteiger partial charge in [0.05, 0.1) is 28.4 Å². The van der Waals surface area contributed by atoms with E-state index >= 15 is 0 Å². The van der Waals surface area contributed by atoms with Crippen LogP contribution in [0.1, 0.15) is 6.92 Å². The fourth-order valence-electron chi connectivity index (χ4n) is 2.49. The van der Waals surface area contributed by atoms with E-state index in [4.69, 9.17) is 11.6 Å². The van der Waals surface area contributed by atoms with Crippen molar-refractivity contribution in [2.45, 2.75) is 12.1 Å². The van der Waals surface area contributed by atoms with Crippen LogP contribution in [0.2, 0.25) is 5.02 Å². The summed E-state index contributed by atoms with van der Waals surface area (Å²) in [6, 6.07) is 17.6. The smallest absolute Gasteiger partial charge is 0.230 e. The Kier molecular flexibility index (Phi) is 5.79. The van der Waals surface area contributed by atoms with E-state index in [0.717, 1.165) is 22.1 Å². The molecule has 0 aliphatic carbocycles. The van der Waals surface area contributed by atoms with Gasteiger partial charge in [-0.1, -0.05) is 65.8 Å². The van der Waals surface area contributed by atoms with Crippen molar-refractivity contribution in [2.24, 2.45) is 0 Å². The second-order valence-corrected chi connectivity index (χ2v) is 6.67. The monoisotopic (exact) mass is 371 g/mol. The second-order valence-electron chi connectivity index (χ2n) is 5.32. The molecule has 0 aliphatic rings. The zero-order valence-electron chi connectivity index (χ0n) is 13.8. The lowest BCUT2D eigenvalue weighted by Gasteiger charge is -2.13. The van der Waals surface area contributed by atoms with Crippen LogP contribution in [0.25, 0.3) is 16.9 Å². The molecule has 25 heavy (non-hydrogen) atoms. The van der Waals surface area contributed by atoms with Gasteiger partial charge in [-0.15, -0.1) is 0 Å². The van der Waals surface area contributed by atoms with Crippen LogP contribution in [-0.4, -0.2) is 27.8 Å². The number of hydrogen-bond donors (Lipinski definition) is 1. The number of carbonyl (C=O) groups excluding carboxylic acids is 1. The number of para-hydroxylation sites is 1. The maximum Gasteiger partial charge on any atom is 0.230 e. The van der Waals surface area contributed by atoms with Gasteiger partial charge in [-0.3, -0.25) is 9.36 Å². The Labute approximate surface area is 156 Å². The second kappa shape index (κ2) is 8.23. The number of imidazole rings is 1. The van der Waals surface area contributed by atoms with E-state index in [2.05, 4.69) is 10.3 Å². The van der Waals surface area contributed by atoms with Gasteiger partial charge in [-0.2, -0.15) is 0 Å². The highest BCUT2D eigenvalue weighted by Crippen LogP contribution is 2.32. The summed E-state index contributed by atoms with van der Waals surface area (Å²) in [5, 5.41) is 4.17. The normalized spacial score (nSPS) is 10.6. The van der Waals surface area contributed by atoms with Crippen molar-refractivity contribution in [2.75, 3.05) is 12.3 Å². The summed E-state index contributed by atoms with van der Waals surface area (Å²) in [5.74, 6) is 0.297. The molecule has 0 saturated carbocycles. The molecule has 0 saturated heterocycles. The lowest BCUT2D eigenvalue weighted by molar-refractivity contribution is -0.118.